The number of rotatable bonds is 7. The second-order valence-electron chi connectivity index (χ2n) is 9.22. The highest BCUT2D eigenvalue weighted by molar-refractivity contribution is 5.97. The number of carbonyl (C=O) groups excluding carboxylic acids is 2. The van der Waals surface area contributed by atoms with E-state index in [1.54, 1.807) is 12.0 Å². The Labute approximate surface area is 212 Å². The number of ether oxygens (including phenoxy) is 1. The van der Waals surface area contributed by atoms with Crippen molar-refractivity contribution in [2.45, 2.75) is 26.8 Å². The van der Waals surface area contributed by atoms with Gasteiger partial charge in [0.05, 0.1) is 12.8 Å². The maximum atomic E-state index is 13.2. The van der Waals surface area contributed by atoms with Gasteiger partial charge in [0.1, 0.15) is 12.3 Å². The van der Waals surface area contributed by atoms with Crippen LogP contribution in [0.4, 0.5) is 5.82 Å². The highest BCUT2D eigenvalue weighted by Crippen LogP contribution is 2.23. The van der Waals surface area contributed by atoms with E-state index in [2.05, 4.69) is 15.1 Å². The number of amides is 2. The Morgan fingerprint density at radius 3 is 2.36 bits per heavy atom. The van der Waals surface area contributed by atoms with Crippen molar-refractivity contribution < 1.29 is 14.3 Å². The molecule has 0 N–H and O–H groups in total. The van der Waals surface area contributed by atoms with Gasteiger partial charge in [0.25, 0.3) is 5.91 Å². The molecule has 0 bridgehead atoms. The van der Waals surface area contributed by atoms with Crippen LogP contribution >= 0.6 is 0 Å². The van der Waals surface area contributed by atoms with Crippen LogP contribution in [-0.4, -0.2) is 77.7 Å². The first kappa shape index (κ1) is 25.2. The van der Waals surface area contributed by atoms with E-state index < -0.39 is 0 Å². The van der Waals surface area contributed by atoms with Crippen LogP contribution in [0.25, 0.3) is 11.3 Å². The van der Waals surface area contributed by atoms with E-state index in [4.69, 9.17) is 4.74 Å². The molecule has 1 aromatic heterocycles. The van der Waals surface area contributed by atoms with Gasteiger partial charge in [0.2, 0.25) is 5.91 Å². The molecule has 0 radical (unpaired) electrons. The lowest BCUT2D eigenvalue weighted by Crippen LogP contribution is -2.53. The summed E-state index contributed by atoms with van der Waals surface area (Å²) in [5, 5.41) is 8.82. The fourth-order valence-corrected chi connectivity index (χ4v) is 4.32. The van der Waals surface area contributed by atoms with Gasteiger partial charge in [-0.3, -0.25) is 9.59 Å². The zero-order valence-electron chi connectivity index (χ0n) is 21.3. The van der Waals surface area contributed by atoms with Gasteiger partial charge in [-0.25, -0.2) is 0 Å². The van der Waals surface area contributed by atoms with Gasteiger partial charge in [-0.05, 0) is 56.7 Å². The summed E-state index contributed by atoms with van der Waals surface area (Å²) in [6.07, 6.45) is 0. The predicted molar refractivity (Wildman–Crippen MR) is 140 cm³/mol. The molecule has 188 valence electrons. The van der Waals surface area contributed by atoms with E-state index in [-0.39, 0.29) is 24.4 Å². The Kier molecular flexibility index (Phi) is 7.83. The number of methoxy groups -OCH3 is 1. The van der Waals surface area contributed by atoms with Gasteiger partial charge < -0.3 is 19.4 Å². The summed E-state index contributed by atoms with van der Waals surface area (Å²) in [4.78, 5) is 31.9. The molecule has 1 fully saturated rings. The minimum atomic E-state index is -0.110. The molecule has 36 heavy (non-hydrogen) atoms. The molecule has 3 aromatic rings. The number of carbonyl (C=O) groups is 2. The first-order valence-corrected chi connectivity index (χ1v) is 12.2. The number of aryl methyl sites for hydroxylation is 1. The third-order valence-electron chi connectivity index (χ3n) is 6.54. The molecule has 4 rings (SSSR count). The molecule has 8 heteroatoms. The standard InChI is InChI=1S/C28H33N5O3/c1-20(2)33(28(35)24-11-6-5-8-21(24)3)19-27(34)32-16-14-31(15-17-32)26-13-12-25(29-30-26)22-9-7-10-23(18-22)36-4/h5-13,18,20H,14-17,19H2,1-4H3. The zero-order valence-corrected chi connectivity index (χ0v) is 21.3. The molecule has 0 aliphatic carbocycles. The Morgan fingerprint density at radius 1 is 0.972 bits per heavy atom. The van der Waals surface area contributed by atoms with Gasteiger partial charge in [-0.1, -0.05) is 30.3 Å². The van der Waals surface area contributed by atoms with Crippen LogP contribution in [0.15, 0.2) is 60.7 Å². The minimum Gasteiger partial charge on any atom is -0.497 e. The van der Waals surface area contributed by atoms with Gasteiger partial charge in [-0.15, -0.1) is 10.2 Å². The van der Waals surface area contributed by atoms with Crippen molar-refractivity contribution >= 4 is 17.6 Å². The minimum absolute atomic E-state index is 0.0373. The number of benzene rings is 2. The first-order valence-electron chi connectivity index (χ1n) is 12.2. The second kappa shape index (κ2) is 11.2. The lowest BCUT2D eigenvalue weighted by atomic mass is 10.1. The Hall–Kier alpha value is -3.94. The lowest BCUT2D eigenvalue weighted by molar-refractivity contribution is -0.132. The molecule has 1 aliphatic heterocycles. The van der Waals surface area contributed by atoms with Crippen molar-refractivity contribution in [2.75, 3.05) is 44.7 Å². The van der Waals surface area contributed by atoms with Crippen molar-refractivity contribution in [3.63, 3.8) is 0 Å². The monoisotopic (exact) mass is 487 g/mol. The van der Waals surface area contributed by atoms with Gasteiger partial charge in [0, 0.05) is 43.3 Å². The van der Waals surface area contributed by atoms with E-state index in [9.17, 15) is 9.59 Å². The molecule has 2 heterocycles. The first-order chi connectivity index (χ1) is 17.4. The average molecular weight is 488 g/mol. The fourth-order valence-electron chi connectivity index (χ4n) is 4.32. The van der Waals surface area contributed by atoms with E-state index in [1.807, 2.05) is 86.3 Å². The van der Waals surface area contributed by atoms with Crippen molar-refractivity contribution in [2.24, 2.45) is 0 Å². The van der Waals surface area contributed by atoms with Crippen molar-refractivity contribution in [3.8, 4) is 17.0 Å². The van der Waals surface area contributed by atoms with E-state index in [1.165, 1.54) is 0 Å². The van der Waals surface area contributed by atoms with Crippen LogP contribution in [0.2, 0.25) is 0 Å². The number of piperazine rings is 1. The second-order valence-corrected chi connectivity index (χ2v) is 9.22. The topological polar surface area (TPSA) is 78.9 Å². The molecular weight excluding hydrogens is 454 g/mol. The molecule has 2 aromatic carbocycles. The molecule has 8 nitrogen and oxygen atoms in total. The summed E-state index contributed by atoms with van der Waals surface area (Å²) in [6, 6.07) is 19.0. The van der Waals surface area contributed by atoms with Gasteiger partial charge in [0.15, 0.2) is 5.82 Å². The highest BCUT2D eigenvalue weighted by Gasteiger charge is 2.27. The van der Waals surface area contributed by atoms with Crippen molar-refractivity contribution in [1.29, 1.82) is 0 Å². The fraction of sp³-hybridized carbons (Fsp3) is 0.357. The zero-order chi connectivity index (χ0) is 25.7. The number of anilines is 1. The third-order valence-corrected chi connectivity index (χ3v) is 6.54. The number of hydrogen-bond acceptors (Lipinski definition) is 6. The molecular formula is C28H33N5O3. The van der Waals surface area contributed by atoms with Crippen LogP contribution < -0.4 is 9.64 Å². The van der Waals surface area contributed by atoms with E-state index >= 15 is 0 Å². The molecule has 0 atom stereocenters. The third kappa shape index (κ3) is 5.64. The number of nitrogens with zero attached hydrogens (tertiary/aromatic N) is 5. The SMILES string of the molecule is COc1cccc(-c2ccc(N3CCN(C(=O)CN(C(=O)c4ccccc4C)C(C)C)CC3)nn2)c1. The largest absolute Gasteiger partial charge is 0.497 e. The quantitative estimate of drug-likeness (QED) is 0.506. The van der Waals surface area contributed by atoms with Crippen LogP contribution in [0.5, 0.6) is 5.75 Å². The summed E-state index contributed by atoms with van der Waals surface area (Å²) < 4.78 is 5.29. The molecule has 0 spiro atoms. The summed E-state index contributed by atoms with van der Waals surface area (Å²) in [5.74, 6) is 1.41. The molecule has 1 aliphatic rings. The Morgan fingerprint density at radius 2 is 1.72 bits per heavy atom. The maximum absolute atomic E-state index is 13.2. The molecule has 2 amide bonds. The molecule has 0 unspecified atom stereocenters. The van der Waals surface area contributed by atoms with Crippen LogP contribution in [-0.2, 0) is 4.79 Å². The summed E-state index contributed by atoms with van der Waals surface area (Å²) >= 11 is 0. The van der Waals surface area contributed by atoms with E-state index in [0.717, 1.165) is 28.4 Å². The number of aromatic nitrogens is 2. The summed E-state index contributed by atoms with van der Waals surface area (Å²) in [5.41, 5.74) is 3.27. The van der Waals surface area contributed by atoms with Crippen LogP contribution in [0, 0.1) is 6.92 Å². The van der Waals surface area contributed by atoms with Gasteiger partial charge in [-0.2, -0.15) is 0 Å². The maximum Gasteiger partial charge on any atom is 0.254 e. The van der Waals surface area contributed by atoms with Crippen molar-refractivity contribution in [1.82, 2.24) is 20.0 Å². The van der Waals surface area contributed by atoms with Gasteiger partial charge >= 0.3 is 0 Å². The lowest BCUT2D eigenvalue weighted by Gasteiger charge is -2.37. The van der Waals surface area contributed by atoms with E-state index in [0.29, 0.717) is 31.7 Å². The molecule has 0 saturated carbocycles. The Bertz CT molecular complexity index is 1200. The smallest absolute Gasteiger partial charge is 0.254 e. The van der Waals surface area contributed by atoms with Crippen molar-refractivity contribution in [3.05, 3.63) is 71.8 Å². The Balaban J connectivity index is 1.35. The normalized spacial score (nSPS) is 13.6. The highest BCUT2D eigenvalue weighted by atomic mass is 16.5. The van der Waals surface area contributed by atoms with Crippen LogP contribution in [0.1, 0.15) is 29.8 Å². The van der Waals surface area contributed by atoms with Crippen LogP contribution in [0.3, 0.4) is 0 Å². The summed E-state index contributed by atoms with van der Waals surface area (Å²) in [7, 11) is 1.64. The average Bonchev–Trinajstić information content (AvgIpc) is 2.91. The predicted octanol–water partition coefficient (Wildman–Crippen LogP) is 3.66. The summed E-state index contributed by atoms with van der Waals surface area (Å²) in [6.45, 7) is 8.33. The molecule has 1 saturated heterocycles. The number of hydrogen-bond donors (Lipinski definition) is 0.